The molecule has 1 amide bonds. The second kappa shape index (κ2) is 7.58. The van der Waals surface area contributed by atoms with E-state index in [9.17, 15) is 4.79 Å². The molecule has 0 unspecified atom stereocenters. The average Bonchev–Trinajstić information content (AvgIpc) is 3.16. The van der Waals surface area contributed by atoms with E-state index in [1.54, 1.807) is 28.9 Å². The van der Waals surface area contributed by atoms with Gasteiger partial charge in [-0.2, -0.15) is 5.10 Å². The Labute approximate surface area is 157 Å². The Bertz CT molecular complexity index is 942. The van der Waals surface area contributed by atoms with E-state index in [0.717, 1.165) is 22.8 Å². The predicted octanol–water partition coefficient (Wildman–Crippen LogP) is 3.24. The summed E-state index contributed by atoms with van der Waals surface area (Å²) in [6.45, 7) is 2.30. The van der Waals surface area contributed by atoms with Crippen molar-refractivity contribution >= 4 is 23.6 Å². The van der Waals surface area contributed by atoms with Crippen molar-refractivity contribution in [2.24, 2.45) is 7.05 Å². The van der Waals surface area contributed by atoms with Gasteiger partial charge in [-0.1, -0.05) is 29.8 Å². The summed E-state index contributed by atoms with van der Waals surface area (Å²) in [6.07, 6.45) is 6.78. The van der Waals surface area contributed by atoms with Crippen LogP contribution in [0.3, 0.4) is 0 Å². The number of rotatable bonds is 5. The zero-order chi connectivity index (χ0) is 18.7. The van der Waals surface area contributed by atoms with Gasteiger partial charge in [-0.05, 0) is 25.1 Å². The highest BCUT2D eigenvalue weighted by Gasteiger charge is 2.14. The number of benzene rings is 1. The number of para-hydroxylation sites is 1. The van der Waals surface area contributed by atoms with Gasteiger partial charge in [0.2, 0.25) is 5.91 Å². The molecule has 0 saturated heterocycles. The SMILES string of the molecule is Cc1nn(-c2ccccc2)c(Cl)c1C=CC(=O)N(C)Cc1nccn1C. The van der Waals surface area contributed by atoms with Crippen LogP contribution in [0.4, 0.5) is 0 Å². The summed E-state index contributed by atoms with van der Waals surface area (Å²) in [6, 6.07) is 9.64. The van der Waals surface area contributed by atoms with Crippen LogP contribution < -0.4 is 0 Å². The molecule has 26 heavy (non-hydrogen) atoms. The molecule has 2 heterocycles. The minimum absolute atomic E-state index is 0.129. The van der Waals surface area contributed by atoms with Gasteiger partial charge in [0.25, 0.3) is 0 Å². The standard InChI is InChI=1S/C19H20ClN5O/c1-14-16(19(20)25(22-14)15-7-5-4-6-8-15)9-10-18(26)24(3)13-17-21-11-12-23(17)2/h4-12H,13H2,1-3H3. The molecule has 3 aromatic rings. The van der Waals surface area contributed by atoms with E-state index in [2.05, 4.69) is 10.1 Å². The van der Waals surface area contributed by atoms with Gasteiger partial charge in [0, 0.05) is 38.1 Å². The fraction of sp³-hybridized carbons (Fsp3) is 0.211. The number of aryl methyl sites for hydroxylation is 2. The lowest BCUT2D eigenvalue weighted by Crippen LogP contribution is -2.25. The fourth-order valence-corrected chi connectivity index (χ4v) is 2.90. The van der Waals surface area contributed by atoms with E-state index in [-0.39, 0.29) is 5.91 Å². The van der Waals surface area contributed by atoms with Crippen LogP contribution >= 0.6 is 11.6 Å². The molecule has 0 fully saturated rings. The number of carbonyl (C=O) groups is 1. The lowest BCUT2D eigenvalue weighted by molar-refractivity contribution is -0.125. The highest BCUT2D eigenvalue weighted by molar-refractivity contribution is 6.31. The Morgan fingerprint density at radius 3 is 2.69 bits per heavy atom. The molecule has 0 N–H and O–H groups in total. The minimum atomic E-state index is -0.129. The summed E-state index contributed by atoms with van der Waals surface area (Å²) >= 11 is 6.47. The van der Waals surface area contributed by atoms with Crippen LogP contribution in [0.5, 0.6) is 0 Å². The molecular formula is C19H20ClN5O. The van der Waals surface area contributed by atoms with Crippen LogP contribution in [0.1, 0.15) is 17.1 Å². The Balaban J connectivity index is 1.77. The number of imidazole rings is 1. The van der Waals surface area contributed by atoms with Gasteiger partial charge in [-0.3, -0.25) is 4.79 Å². The van der Waals surface area contributed by atoms with Crippen molar-refractivity contribution in [3.63, 3.8) is 0 Å². The Morgan fingerprint density at radius 1 is 1.31 bits per heavy atom. The van der Waals surface area contributed by atoms with Gasteiger partial charge >= 0.3 is 0 Å². The zero-order valence-corrected chi connectivity index (χ0v) is 15.7. The quantitative estimate of drug-likeness (QED) is 0.649. The molecule has 7 heteroatoms. The van der Waals surface area contributed by atoms with Gasteiger partial charge in [-0.15, -0.1) is 0 Å². The summed E-state index contributed by atoms with van der Waals surface area (Å²) in [5.41, 5.74) is 2.36. The molecule has 0 bridgehead atoms. The van der Waals surface area contributed by atoms with Crippen molar-refractivity contribution in [1.82, 2.24) is 24.2 Å². The van der Waals surface area contributed by atoms with Crippen LogP contribution in [0.15, 0.2) is 48.8 Å². The number of amides is 1. The maximum atomic E-state index is 12.4. The van der Waals surface area contributed by atoms with Crippen molar-refractivity contribution in [2.75, 3.05) is 7.05 Å². The number of aromatic nitrogens is 4. The lowest BCUT2D eigenvalue weighted by Gasteiger charge is -2.14. The topological polar surface area (TPSA) is 56.0 Å². The van der Waals surface area contributed by atoms with E-state index >= 15 is 0 Å². The lowest BCUT2D eigenvalue weighted by atomic mass is 10.2. The highest BCUT2D eigenvalue weighted by atomic mass is 35.5. The van der Waals surface area contributed by atoms with Gasteiger partial charge in [0.05, 0.1) is 17.9 Å². The van der Waals surface area contributed by atoms with E-state index in [0.29, 0.717) is 11.7 Å². The van der Waals surface area contributed by atoms with E-state index < -0.39 is 0 Å². The molecule has 0 saturated carbocycles. The molecule has 6 nitrogen and oxygen atoms in total. The Hall–Kier alpha value is -2.86. The molecular weight excluding hydrogens is 350 g/mol. The van der Waals surface area contributed by atoms with Crippen LogP contribution in [0.25, 0.3) is 11.8 Å². The number of hydrogen-bond acceptors (Lipinski definition) is 3. The van der Waals surface area contributed by atoms with Crippen LogP contribution in [-0.2, 0) is 18.4 Å². The first kappa shape index (κ1) is 17.9. The maximum absolute atomic E-state index is 12.4. The number of hydrogen-bond donors (Lipinski definition) is 0. The first-order valence-electron chi connectivity index (χ1n) is 8.17. The van der Waals surface area contributed by atoms with Crippen molar-refractivity contribution in [3.05, 3.63) is 71.0 Å². The normalized spacial score (nSPS) is 11.2. The summed E-state index contributed by atoms with van der Waals surface area (Å²) in [7, 11) is 3.64. The summed E-state index contributed by atoms with van der Waals surface area (Å²) in [4.78, 5) is 18.2. The van der Waals surface area contributed by atoms with Crippen molar-refractivity contribution in [1.29, 1.82) is 0 Å². The minimum Gasteiger partial charge on any atom is -0.337 e. The summed E-state index contributed by atoms with van der Waals surface area (Å²) < 4.78 is 3.55. The van der Waals surface area contributed by atoms with Crippen LogP contribution in [0.2, 0.25) is 5.15 Å². The summed E-state index contributed by atoms with van der Waals surface area (Å²) in [5.74, 6) is 0.691. The molecule has 0 atom stereocenters. The third kappa shape index (κ3) is 3.70. The number of likely N-dealkylation sites (N-methyl/N-ethyl adjacent to an activating group) is 1. The number of carbonyl (C=O) groups excluding carboxylic acids is 1. The largest absolute Gasteiger partial charge is 0.337 e. The van der Waals surface area contributed by atoms with E-state index in [1.165, 1.54) is 6.08 Å². The van der Waals surface area contributed by atoms with Crippen LogP contribution in [0, 0.1) is 6.92 Å². The second-order valence-corrected chi connectivity index (χ2v) is 6.38. The van der Waals surface area contributed by atoms with Crippen molar-refractivity contribution < 1.29 is 4.79 Å². The third-order valence-electron chi connectivity index (χ3n) is 4.12. The molecule has 3 rings (SSSR count). The average molecular weight is 370 g/mol. The smallest absolute Gasteiger partial charge is 0.246 e. The van der Waals surface area contributed by atoms with E-state index in [4.69, 9.17) is 11.6 Å². The molecule has 2 aromatic heterocycles. The third-order valence-corrected chi connectivity index (χ3v) is 4.48. The molecule has 0 aliphatic carbocycles. The first-order valence-corrected chi connectivity index (χ1v) is 8.55. The van der Waals surface area contributed by atoms with Gasteiger partial charge in [0.15, 0.2) is 0 Å². The second-order valence-electron chi connectivity index (χ2n) is 6.02. The monoisotopic (exact) mass is 369 g/mol. The van der Waals surface area contributed by atoms with Crippen molar-refractivity contribution in [2.45, 2.75) is 13.5 Å². The molecule has 0 aliphatic heterocycles. The molecule has 0 radical (unpaired) electrons. The van der Waals surface area contributed by atoms with Gasteiger partial charge in [-0.25, -0.2) is 9.67 Å². The Morgan fingerprint density at radius 2 is 2.04 bits per heavy atom. The van der Waals surface area contributed by atoms with Gasteiger partial charge in [0.1, 0.15) is 11.0 Å². The predicted molar refractivity (Wildman–Crippen MR) is 102 cm³/mol. The molecule has 0 spiro atoms. The highest BCUT2D eigenvalue weighted by Crippen LogP contribution is 2.24. The van der Waals surface area contributed by atoms with Crippen molar-refractivity contribution in [3.8, 4) is 5.69 Å². The number of nitrogens with zero attached hydrogens (tertiary/aromatic N) is 5. The first-order chi connectivity index (χ1) is 12.5. The Kier molecular flexibility index (Phi) is 5.23. The van der Waals surface area contributed by atoms with Crippen LogP contribution in [-0.4, -0.2) is 37.2 Å². The van der Waals surface area contributed by atoms with Gasteiger partial charge < -0.3 is 9.47 Å². The summed E-state index contributed by atoms with van der Waals surface area (Å²) in [5, 5.41) is 4.95. The molecule has 134 valence electrons. The zero-order valence-electron chi connectivity index (χ0n) is 14.9. The van der Waals surface area contributed by atoms with E-state index in [1.807, 2.05) is 55.1 Å². The fourth-order valence-electron chi connectivity index (χ4n) is 2.56. The number of halogens is 1. The molecule has 0 aliphatic rings. The maximum Gasteiger partial charge on any atom is 0.246 e. The molecule has 1 aromatic carbocycles.